The number of imide groups is 1. The molecule has 0 radical (unpaired) electrons. The van der Waals surface area contributed by atoms with Crippen LogP contribution in [0.25, 0.3) is 0 Å². The van der Waals surface area contributed by atoms with Crippen molar-refractivity contribution in [1.82, 2.24) is 20.4 Å². The number of rotatable bonds is 8. The molecule has 0 bridgehead atoms. The summed E-state index contributed by atoms with van der Waals surface area (Å²) < 4.78 is 0. The van der Waals surface area contributed by atoms with Gasteiger partial charge in [-0.3, -0.25) is 19.3 Å². The second kappa shape index (κ2) is 7.41. The van der Waals surface area contributed by atoms with Gasteiger partial charge in [0.25, 0.3) is 5.91 Å². The van der Waals surface area contributed by atoms with E-state index in [1.807, 2.05) is 13.8 Å². The fourth-order valence-corrected chi connectivity index (χ4v) is 2.70. The molecule has 25 heavy (non-hydrogen) atoms. The number of hydrogen-bond acceptors (Lipinski definition) is 4. The second-order valence-corrected chi connectivity index (χ2v) is 7.68. The van der Waals surface area contributed by atoms with Crippen LogP contribution in [0.1, 0.15) is 46.5 Å². The van der Waals surface area contributed by atoms with Gasteiger partial charge in [0.1, 0.15) is 12.1 Å². The fourth-order valence-electron chi connectivity index (χ4n) is 2.70. The number of amides is 5. The van der Waals surface area contributed by atoms with Gasteiger partial charge in [-0.2, -0.15) is 0 Å². The van der Waals surface area contributed by atoms with Crippen LogP contribution in [-0.2, 0) is 14.4 Å². The molecule has 1 heterocycles. The van der Waals surface area contributed by atoms with Gasteiger partial charge in [-0.05, 0) is 38.5 Å². The lowest BCUT2D eigenvalue weighted by molar-refractivity contribution is -0.139. The van der Waals surface area contributed by atoms with Crippen LogP contribution < -0.4 is 10.6 Å². The van der Waals surface area contributed by atoms with E-state index in [0.717, 1.165) is 24.2 Å². The van der Waals surface area contributed by atoms with E-state index in [4.69, 9.17) is 0 Å². The third-order valence-corrected chi connectivity index (χ3v) is 4.61. The molecule has 8 nitrogen and oxygen atoms in total. The topological polar surface area (TPSA) is 98.8 Å². The van der Waals surface area contributed by atoms with Crippen LogP contribution in [0.4, 0.5) is 4.79 Å². The van der Waals surface area contributed by atoms with Crippen LogP contribution in [0.15, 0.2) is 0 Å². The lowest BCUT2D eigenvalue weighted by Crippen LogP contribution is -2.47. The quantitative estimate of drug-likeness (QED) is 0.620. The molecule has 1 aliphatic carbocycles. The Hall–Kier alpha value is -2.12. The molecule has 0 aromatic carbocycles. The van der Waals surface area contributed by atoms with Gasteiger partial charge < -0.3 is 15.5 Å². The highest BCUT2D eigenvalue weighted by atomic mass is 16.2. The van der Waals surface area contributed by atoms with Crippen LogP contribution in [0, 0.1) is 5.92 Å². The van der Waals surface area contributed by atoms with Crippen molar-refractivity contribution in [3.05, 3.63) is 0 Å². The lowest BCUT2D eigenvalue weighted by Gasteiger charge is -2.23. The second-order valence-electron chi connectivity index (χ2n) is 7.68. The molecular weight excluding hydrogens is 324 g/mol. The number of likely N-dealkylation sites (N-methyl/N-ethyl adjacent to an activating group) is 1. The maximum absolute atomic E-state index is 12.6. The van der Waals surface area contributed by atoms with Gasteiger partial charge in [-0.25, -0.2) is 4.79 Å². The molecule has 8 heteroatoms. The monoisotopic (exact) mass is 352 g/mol. The first kappa shape index (κ1) is 19.2. The van der Waals surface area contributed by atoms with Crippen LogP contribution in [0.5, 0.6) is 0 Å². The Morgan fingerprint density at radius 2 is 2.00 bits per heavy atom. The highest BCUT2D eigenvalue weighted by Gasteiger charge is 2.48. The van der Waals surface area contributed by atoms with E-state index in [1.165, 1.54) is 11.9 Å². The van der Waals surface area contributed by atoms with E-state index < -0.39 is 17.5 Å². The van der Waals surface area contributed by atoms with Gasteiger partial charge in [-0.1, -0.05) is 13.8 Å². The molecule has 0 aromatic rings. The first-order chi connectivity index (χ1) is 11.6. The minimum absolute atomic E-state index is 0.0798. The molecule has 2 aliphatic rings. The highest BCUT2D eigenvalue weighted by molar-refractivity contribution is 6.08. The summed E-state index contributed by atoms with van der Waals surface area (Å²) in [6.45, 7) is 5.35. The van der Waals surface area contributed by atoms with E-state index in [-0.39, 0.29) is 30.9 Å². The van der Waals surface area contributed by atoms with E-state index in [0.29, 0.717) is 12.3 Å². The first-order valence-electron chi connectivity index (χ1n) is 8.80. The maximum atomic E-state index is 12.6. The third kappa shape index (κ3) is 4.93. The number of carbonyl (C=O) groups excluding carboxylic acids is 4. The molecule has 2 fully saturated rings. The first-order valence-corrected chi connectivity index (χ1v) is 8.80. The van der Waals surface area contributed by atoms with E-state index >= 15 is 0 Å². The predicted octanol–water partition coefficient (Wildman–Crippen LogP) is 0.470. The number of nitrogens with zero attached hydrogens (tertiary/aromatic N) is 2. The largest absolute Gasteiger partial charge is 0.352 e. The van der Waals surface area contributed by atoms with Crippen molar-refractivity contribution < 1.29 is 19.2 Å². The van der Waals surface area contributed by atoms with Crippen LogP contribution in [0.3, 0.4) is 0 Å². The normalized spacial score (nSPS) is 23.0. The molecular formula is C17H28N4O4. The van der Waals surface area contributed by atoms with Crippen LogP contribution in [0.2, 0.25) is 0 Å². The smallest absolute Gasteiger partial charge is 0.325 e. The minimum Gasteiger partial charge on any atom is -0.352 e. The van der Waals surface area contributed by atoms with Crippen molar-refractivity contribution in [2.45, 2.75) is 58.0 Å². The molecule has 1 aliphatic heterocycles. The zero-order valence-corrected chi connectivity index (χ0v) is 15.4. The Morgan fingerprint density at radius 3 is 2.56 bits per heavy atom. The van der Waals surface area contributed by atoms with E-state index in [1.54, 1.807) is 6.92 Å². The Morgan fingerprint density at radius 1 is 1.36 bits per heavy atom. The summed E-state index contributed by atoms with van der Waals surface area (Å²) in [5, 5.41) is 5.49. The summed E-state index contributed by atoms with van der Waals surface area (Å²) in [5.74, 6) is -0.643. The van der Waals surface area contributed by atoms with Crippen molar-refractivity contribution in [3.63, 3.8) is 0 Å². The summed E-state index contributed by atoms with van der Waals surface area (Å²) >= 11 is 0. The number of carbonyl (C=O) groups is 4. The SMILES string of the molecule is CC(C)CC[C@@]1(C)NC(=O)N(CC(=O)N(C)CC(=O)NC2CC2)C1=O. The third-order valence-electron chi connectivity index (χ3n) is 4.61. The van der Waals surface area contributed by atoms with Crippen LogP contribution in [-0.4, -0.2) is 65.3 Å². The molecule has 0 unspecified atom stereocenters. The van der Waals surface area contributed by atoms with E-state index in [2.05, 4.69) is 10.6 Å². The average molecular weight is 352 g/mol. The Labute approximate surface area is 148 Å². The summed E-state index contributed by atoms with van der Waals surface area (Å²) in [6.07, 6.45) is 3.27. The predicted molar refractivity (Wildman–Crippen MR) is 91.5 cm³/mol. The lowest BCUT2D eigenvalue weighted by atomic mass is 9.92. The zero-order chi connectivity index (χ0) is 18.8. The Kier molecular flexibility index (Phi) is 5.69. The maximum Gasteiger partial charge on any atom is 0.325 e. The van der Waals surface area contributed by atoms with Crippen LogP contribution >= 0.6 is 0 Å². The molecule has 5 amide bonds. The molecule has 1 saturated carbocycles. The van der Waals surface area contributed by atoms with Gasteiger partial charge >= 0.3 is 6.03 Å². The summed E-state index contributed by atoms with van der Waals surface area (Å²) in [5.41, 5.74) is -0.969. The number of hydrogen-bond donors (Lipinski definition) is 2. The van der Waals surface area contributed by atoms with Gasteiger partial charge in [0, 0.05) is 13.1 Å². The Bertz CT molecular complexity index is 573. The molecule has 0 spiro atoms. The zero-order valence-electron chi connectivity index (χ0n) is 15.4. The van der Waals surface area contributed by atoms with Gasteiger partial charge in [0.05, 0.1) is 6.54 Å². The van der Waals surface area contributed by atoms with Crippen molar-refractivity contribution >= 4 is 23.8 Å². The summed E-state index contributed by atoms with van der Waals surface area (Å²) in [4.78, 5) is 50.9. The molecule has 2 rings (SSSR count). The van der Waals surface area contributed by atoms with Crippen molar-refractivity contribution in [3.8, 4) is 0 Å². The summed E-state index contributed by atoms with van der Waals surface area (Å²) in [7, 11) is 1.49. The summed E-state index contributed by atoms with van der Waals surface area (Å²) in [6, 6.07) is -0.330. The molecule has 140 valence electrons. The standard InChI is InChI=1S/C17H28N4O4/c1-11(2)7-8-17(3)15(24)21(16(25)19-17)10-14(23)20(4)9-13(22)18-12-5-6-12/h11-12H,5-10H2,1-4H3,(H,18,22)(H,19,25)/t17-/m1/s1. The molecule has 0 aromatic heterocycles. The minimum atomic E-state index is -0.969. The van der Waals surface area contributed by atoms with Gasteiger partial charge in [-0.15, -0.1) is 0 Å². The number of urea groups is 1. The fraction of sp³-hybridized carbons (Fsp3) is 0.765. The Balaban J connectivity index is 1.89. The number of nitrogens with one attached hydrogen (secondary N) is 2. The molecule has 2 N–H and O–H groups in total. The molecule has 1 saturated heterocycles. The van der Waals surface area contributed by atoms with E-state index in [9.17, 15) is 19.2 Å². The van der Waals surface area contributed by atoms with Gasteiger partial charge in [0.2, 0.25) is 11.8 Å². The van der Waals surface area contributed by atoms with Gasteiger partial charge in [0.15, 0.2) is 0 Å². The average Bonchev–Trinajstić information content (AvgIpc) is 3.29. The van der Waals surface area contributed by atoms with Crippen molar-refractivity contribution in [1.29, 1.82) is 0 Å². The molecule has 1 atom stereocenters. The van der Waals surface area contributed by atoms with Crippen molar-refractivity contribution in [2.75, 3.05) is 20.1 Å². The van der Waals surface area contributed by atoms with Crippen molar-refractivity contribution in [2.24, 2.45) is 5.92 Å². The highest BCUT2D eigenvalue weighted by Crippen LogP contribution is 2.24.